The summed E-state index contributed by atoms with van der Waals surface area (Å²) >= 11 is 1.71. The highest BCUT2D eigenvalue weighted by Crippen LogP contribution is 2.71. The van der Waals surface area contributed by atoms with E-state index in [9.17, 15) is 0 Å². The van der Waals surface area contributed by atoms with Crippen molar-refractivity contribution in [3.63, 3.8) is 0 Å². The van der Waals surface area contributed by atoms with Gasteiger partial charge in [-0.1, -0.05) is 26.8 Å². The lowest BCUT2D eigenvalue weighted by atomic mass is 9.70. The molecule has 2 saturated carbocycles. The molecule has 0 spiro atoms. The maximum absolute atomic E-state index is 6.42. The molecule has 2 bridgehead atoms. The molecule has 0 unspecified atom stereocenters. The van der Waals surface area contributed by atoms with Crippen molar-refractivity contribution in [3.8, 4) is 0 Å². The van der Waals surface area contributed by atoms with Gasteiger partial charge in [0, 0.05) is 17.8 Å². The van der Waals surface area contributed by atoms with Gasteiger partial charge in [-0.15, -0.1) is 11.3 Å². The number of rotatable bonds is 4. The SMILES string of the molecule is CC1(C)[C@@H]2CC[C@@]1(C)[C@@H]1O[C@@H](O[C@H](CN)c3cccs3)C[C@H]21. The van der Waals surface area contributed by atoms with Crippen molar-refractivity contribution >= 4 is 11.3 Å². The molecule has 2 aliphatic carbocycles. The number of fused-ring (bicyclic) bond motifs is 5. The predicted molar refractivity (Wildman–Crippen MR) is 88.6 cm³/mol. The Hall–Kier alpha value is -0.420. The Labute approximate surface area is 137 Å². The van der Waals surface area contributed by atoms with Crippen molar-refractivity contribution in [1.82, 2.24) is 0 Å². The minimum atomic E-state index is -0.0818. The quantitative estimate of drug-likeness (QED) is 0.913. The number of ether oxygens (including phenoxy) is 2. The van der Waals surface area contributed by atoms with E-state index < -0.39 is 0 Å². The third kappa shape index (κ3) is 1.90. The summed E-state index contributed by atoms with van der Waals surface area (Å²) in [6.45, 7) is 7.83. The van der Waals surface area contributed by atoms with Gasteiger partial charge in [0.05, 0.1) is 6.10 Å². The van der Waals surface area contributed by atoms with E-state index in [0.717, 1.165) is 12.3 Å². The van der Waals surface area contributed by atoms with E-state index in [-0.39, 0.29) is 12.4 Å². The second kappa shape index (κ2) is 5.04. The second-order valence-corrected chi connectivity index (χ2v) is 9.03. The topological polar surface area (TPSA) is 44.5 Å². The molecule has 0 radical (unpaired) electrons. The molecule has 1 aromatic rings. The molecular formula is C18H27NO2S. The standard InChI is InChI=1S/C18H27NO2S/c1-17(2)12-6-7-18(17,3)16-11(12)9-15(21-16)20-13(10-19)14-5-4-8-22-14/h4-5,8,11-13,15-16H,6-7,9-10,19H2,1-3H3/t11-,12-,13-,15-,16-,18+/m1/s1. The first-order valence-electron chi connectivity index (χ1n) is 8.52. The van der Waals surface area contributed by atoms with Crippen molar-refractivity contribution in [1.29, 1.82) is 0 Å². The first-order chi connectivity index (χ1) is 10.5. The van der Waals surface area contributed by atoms with Gasteiger partial charge < -0.3 is 15.2 Å². The van der Waals surface area contributed by atoms with Gasteiger partial charge in [-0.25, -0.2) is 0 Å². The molecule has 6 atom stereocenters. The van der Waals surface area contributed by atoms with Crippen molar-refractivity contribution in [2.24, 2.45) is 28.4 Å². The Morgan fingerprint density at radius 1 is 1.45 bits per heavy atom. The third-order valence-electron chi connectivity index (χ3n) is 7.06. The van der Waals surface area contributed by atoms with E-state index in [1.807, 2.05) is 0 Å². The average Bonchev–Trinajstić information content (AvgIpc) is 3.19. The van der Waals surface area contributed by atoms with Crippen LogP contribution in [0, 0.1) is 22.7 Å². The Bertz CT molecular complexity index is 543. The number of hydrogen-bond acceptors (Lipinski definition) is 4. The number of nitrogens with two attached hydrogens (primary N) is 1. The lowest BCUT2D eigenvalue weighted by Gasteiger charge is -2.38. The molecule has 3 fully saturated rings. The van der Waals surface area contributed by atoms with Gasteiger partial charge >= 0.3 is 0 Å². The minimum absolute atomic E-state index is 0.0257. The molecular weight excluding hydrogens is 294 g/mol. The lowest BCUT2D eigenvalue weighted by molar-refractivity contribution is -0.185. The summed E-state index contributed by atoms with van der Waals surface area (Å²) in [5, 5.41) is 2.08. The first-order valence-corrected chi connectivity index (χ1v) is 9.40. The normalized spacial score (nSPS) is 43.5. The zero-order valence-corrected chi connectivity index (χ0v) is 14.6. The zero-order valence-electron chi connectivity index (χ0n) is 13.7. The third-order valence-corrected chi connectivity index (χ3v) is 8.03. The van der Waals surface area contributed by atoms with E-state index in [2.05, 4.69) is 38.3 Å². The monoisotopic (exact) mass is 321 g/mol. The average molecular weight is 321 g/mol. The van der Waals surface area contributed by atoms with Gasteiger partial charge in [0.2, 0.25) is 0 Å². The summed E-state index contributed by atoms with van der Waals surface area (Å²) in [4.78, 5) is 1.21. The predicted octanol–water partition coefficient (Wildman–Crippen LogP) is 3.95. The smallest absolute Gasteiger partial charge is 0.159 e. The van der Waals surface area contributed by atoms with Gasteiger partial charge in [0.1, 0.15) is 6.10 Å². The second-order valence-electron chi connectivity index (χ2n) is 8.05. The highest BCUT2D eigenvalue weighted by molar-refractivity contribution is 7.10. The summed E-state index contributed by atoms with van der Waals surface area (Å²) in [5.41, 5.74) is 6.62. The minimum Gasteiger partial charge on any atom is -0.349 e. The van der Waals surface area contributed by atoms with Gasteiger partial charge in [-0.05, 0) is 47.0 Å². The Morgan fingerprint density at radius 2 is 2.27 bits per heavy atom. The Balaban J connectivity index is 1.49. The number of hydrogen-bond donors (Lipinski definition) is 1. The molecule has 2 heterocycles. The molecule has 0 amide bonds. The van der Waals surface area contributed by atoms with Crippen molar-refractivity contribution in [2.75, 3.05) is 6.54 Å². The van der Waals surface area contributed by atoms with Crippen LogP contribution in [0.3, 0.4) is 0 Å². The largest absolute Gasteiger partial charge is 0.349 e. The van der Waals surface area contributed by atoms with Crippen LogP contribution in [0.5, 0.6) is 0 Å². The molecule has 22 heavy (non-hydrogen) atoms. The Morgan fingerprint density at radius 3 is 2.91 bits per heavy atom. The number of thiophene rings is 1. The van der Waals surface area contributed by atoms with Crippen LogP contribution in [0.4, 0.5) is 0 Å². The Kier molecular flexibility index (Phi) is 3.46. The van der Waals surface area contributed by atoms with Gasteiger partial charge in [-0.2, -0.15) is 0 Å². The maximum atomic E-state index is 6.42. The summed E-state index contributed by atoms with van der Waals surface area (Å²) in [7, 11) is 0. The zero-order chi connectivity index (χ0) is 15.5. The molecule has 4 rings (SSSR count). The molecule has 1 aliphatic heterocycles. The molecule has 122 valence electrons. The van der Waals surface area contributed by atoms with Crippen LogP contribution >= 0.6 is 11.3 Å². The molecule has 2 N–H and O–H groups in total. The van der Waals surface area contributed by atoms with Gasteiger partial charge in [0.15, 0.2) is 6.29 Å². The molecule has 1 aromatic heterocycles. The van der Waals surface area contributed by atoms with Crippen LogP contribution in [0.1, 0.15) is 51.0 Å². The fourth-order valence-corrected chi connectivity index (χ4v) is 6.24. The molecule has 1 saturated heterocycles. The summed E-state index contributed by atoms with van der Waals surface area (Å²) in [6, 6.07) is 4.16. The molecule has 4 heteroatoms. The van der Waals surface area contributed by atoms with Crippen LogP contribution < -0.4 is 5.73 Å². The molecule has 3 nitrogen and oxygen atoms in total. The van der Waals surface area contributed by atoms with E-state index in [1.54, 1.807) is 11.3 Å². The van der Waals surface area contributed by atoms with Crippen LogP contribution in [0.2, 0.25) is 0 Å². The highest BCUT2D eigenvalue weighted by Gasteiger charge is 2.69. The van der Waals surface area contributed by atoms with Gasteiger partial charge in [0.25, 0.3) is 0 Å². The molecule has 3 aliphatic rings. The lowest BCUT2D eigenvalue weighted by Crippen LogP contribution is -2.38. The fourth-order valence-electron chi connectivity index (χ4n) is 5.47. The van der Waals surface area contributed by atoms with Crippen LogP contribution in [0.25, 0.3) is 0 Å². The van der Waals surface area contributed by atoms with E-state index in [4.69, 9.17) is 15.2 Å². The van der Waals surface area contributed by atoms with Crippen LogP contribution in [-0.4, -0.2) is 18.9 Å². The van der Waals surface area contributed by atoms with Gasteiger partial charge in [-0.3, -0.25) is 0 Å². The first kappa shape index (κ1) is 15.1. The van der Waals surface area contributed by atoms with E-state index in [0.29, 0.717) is 29.4 Å². The summed E-state index contributed by atoms with van der Waals surface area (Å²) in [5.74, 6) is 1.45. The maximum Gasteiger partial charge on any atom is 0.159 e. The fraction of sp³-hybridized carbons (Fsp3) is 0.778. The van der Waals surface area contributed by atoms with E-state index in [1.165, 1.54) is 17.7 Å². The van der Waals surface area contributed by atoms with Crippen molar-refractivity contribution in [3.05, 3.63) is 22.4 Å². The van der Waals surface area contributed by atoms with Crippen LogP contribution in [0.15, 0.2) is 17.5 Å². The summed E-state index contributed by atoms with van der Waals surface area (Å²) < 4.78 is 12.7. The highest BCUT2D eigenvalue weighted by atomic mass is 32.1. The molecule has 0 aromatic carbocycles. The van der Waals surface area contributed by atoms with Crippen molar-refractivity contribution in [2.45, 2.75) is 58.5 Å². The van der Waals surface area contributed by atoms with Crippen LogP contribution in [-0.2, 0) is 9.47 Å². The summed E-state index contributed by atoms with van der Waals surface area (Å²) in [6.07, 6.45) is 3.95. The van der Waals surface area contributed by atoms with E-state index >= 15 is 0 Å². The van der Waals surface area contributed by atoms with Crippen molar-refractivity contribution < 1.29 is 9.47 Å².